The number of pyridine rings is 1. The molecule has 1 aromatic heterocycles. The van der Waals surface area contributed by atoms with E-state index >= 15 is 0 Å². The predicted octanol–water partition coefficient (Wildman–Crippen LogP) is 3.31. The SMILES string of the molecule is Cc1ccc(CNc2ccnc(C)c2)cc1. The number of aryl methyl sites for hydroxylation is 2. The highest BCUT2D eigenvalue weighted by molar-refractivity contribution is 5.43. The maximum Gasteiger partial charge on any atom is 0.0400 e. The monoisotopic (exact) mass is 212 g/mol. The lowest BCUT2D eigenvalue weighted by Crippen LogP contribution is -1.99. The van der Waals surface area contributed by atoms with Crippen molar-refractivity contribution in [2.75, 3.05) is 5.32 Å². The van der Waals surface area contributed by atoms with Gasteiger partial charge in [0.1, 0.15) is 0 Å². The number of nitrogens with zero attached hydrogens (tertiary/aromatic N) is 1. The Morgan fingerprint density at radius 3 is 2.50 bits per heavy atom. The van der Waals surface area contributed by atoms with Crippen LogP contribution in [0.4, 0.5) is 5.69 Å². The normalized spacial score (nSPS) is 10.1. The standard InChI is InChI=1S/C14H16N2/c1-11-3-5-13(6-4-11)10-16-14-7-8-15-12(2)9-14/h3-9H,10H2,1-2H3,(H,15,16). The van der Waals surface area contributed by atoms with Crippen molar-refractivity contribution in [1.82, 2.24) is 4.98 Å². The zero-order valence-electron chi connectivity index (χ0n) is 9.70. The van der Waals surface area contributed by atoms with Gasteiger partial charge in [0, 0.05) is 24.1 Å². The molecule has 82 valence electrons. The fraction of sp³-hybridized carbons (Fsp3) is 0.214. The van der Waals surface area contributed by atoms with Crippen molar-refractivity contribution in [2.24, 2.45) is 0 Å². The van der Waals surface area contributed by atoms with E-state index in [1.54, 1.807) is 0 Å². The van der Waals surface area contributed by atoms with E-state index in [2.05, 4.69) is 41.5 Å². The largest absolute Gasteiger partial charge is 0.381 e. The molecule has 2 aromatic rings. The second-order valence-electron chi connectivity index (χ2n) is 4.03. The number of rotatable bonds is 3. The van der Waals surface area contributed by atoms with Crippen molar-refractivity contribution in [3.8, 4) is 0 Å². The van der Waals surface area contributed by atoms with Crippen molar-refractivity contribution in [3.05, 3.63) is 59.4 Å². The molecular formula is C14H16N2. The van der Waals surface area contributed by atoms with Crippen LogP contribution in [0.25, 0.3) is 0 Å². The molecule has 0 saturated heterocycles. The number of hydrogen-bond donors (Lipinski definition) is 1. The lowest BCUT2D eigenvalue weighted by Gasteiger charge is -2.07. The van der Waals surface area contributed by atoms with Gasteiger partial charge in [-0.15, -0.1) is 0 Å². The highest BCUT2D eigenvalue weighted by Crippen LogP contribution is 2.10. The van der Waals surface area contributed by atoms with Crippen molar-refractivity contribution in [2.45, 2.75) is 20.4 Å². The first-order valence-electron chi connectivity index (χ1n) is 5.46. The smallest absolute Gasteiger partial charge is 0.0400 e. The Kier molecular flexibility index (Phi) is 3.20. The van der Waals surface area contributed by atoms with Crippen molar-refractivity contribution in [1.29, 1.82) is 0 Å². The van der Waals surface area contributed by atoms with Gasteiger partial charge < -0.3 is 5.32 Å². The molecule has 0 radical (unpaired) electrons. The molecule has 0 amide bonds. The van der Waals surface area contributed by atoms with Crippen LogP contribution < -0.4 is 5.32 Å². The van der Waals surface area contributed by atoms with Crippen LogP contribution in [0.1, 0.15) is 16.8 Å². The van der Waals surface area contributed by atoms with Crippen LogP contribution >= 0.6 is 0 Å². The Bertz CT molecular complexity index is 460. The van der Waals surface area contributed by atoms with E-state index < -0.39 is 0 Å². The van der Waals surface area contributed by atoms with E-state index in [4.69, 9.17) is 0 Å². The van der Waals surface area contributed by atoms with Gasteiger partial charge >= 0.3 is 0 Å². The Hall–Kier alpha value is -1.83. The quantitative estimate of drug-likeness (QED) is 0.844. The number of aromatic nitrogens is 1. The lowest BCUT2D eigenvalue weighted by molar-refractivity contribution is 1.12. The van der Waals surface area contributed by atoms with E-state index in [1.165, 1.54) is 11.1 Å². The van der Waals surface area contributed by atoms with Gasteiger partial charge in [0.2, 0.25) is 0 Å². The van der Waals surface area contributed by atoms with Crippen LogP contribution in [0.5, 0.6) is 0 Å². The molecule has 2 nitrogen and oxygen atoms in total. The van der Waals surface area contributed by atoms with Gasteiger partial charge in [-0.25, -0.2) is 0 Å². The average molecular weight is 212 g/mol. The first-order chi connectivity index (χ1) is 7.74. The molecule has 0 atom stereocenters. The van der Waals surface area contributed by atoms with Crippen molar-refractivity contribution < 1.29 is 0 Å². The molecule has 0 bridgehead atoms. The van der Waals surface area contributed by atoms with Gasteiger partial charge in [-0.1, -0.05) is 29.8 Å². The number of hydrogen-bond acceptors (Lipinski definition) is 2. The summed E-state index contributed by atoms with van der Waals surface area (Å²) < 4.78 is 0. The molecule has 0 saturated carbocycles. The summed E-state index contributed by atoms with van der Waals surface area (Å²) in [5.74, 6) is 0. The zero-order chi connectivity index (χ0) is 11.4. The molecule has 0 unspecified atom stereocenters. The molecule has 16 heavy (non-hydrogen) atoms. The minimum absolute atomic E-state index is 0.851. The van der Waals surface area contributed by atoms with E-state index in [-0.39, 0.29) is 0 Å². The molecule has 0 spiro atoms. The molecule has 1 heterocycles. The Balaban J connectivity index is 1.99. The summed E-state index contributed by atoms with van der Waals surface area (Å²) in [7, 11) is 0. The van der Waals surface area contributed by atoms with Gasteiger partial charge in [-0.05, 0) is 31.5 Å². The molecule has 1 aromatic carbocycles. The fourth-order valence-corrected chi connectivity index (χ4v) is 1.57. The minimum atomic E-state index is 0.851. The second-order valence-corrected chi connectivity index (χ2v) is 4.03. The number of nitrogens with one attached hydrogen (secondary N) is 1. The predicted molar refractivity (Wildman–Crippen MR) is 67.5 cm³/mol. The fourth-order valence-electron chi connectivity index (χ4n) is 1.57. The van der Waals surface area contributed by atoms with Gasteiger partial charge in [0.25, 0.3) is 0 Å². The third kappa shape index (κ3) is 2.83. The summed E-state index contributed by atoms with van der Waals surface area (Å²) >= 11 is 0. The summed E-state index contributed by atoms with van der Waals surface area (Å²) in [6, 6.07) is 12.6. The van der Waals surface area contributed by atoms with Gasteiger partial charge in [0.05, 0.1) is 0 Å². The van der Waals surface area contributed by atoms with Gasteiger partial charge in [0.15, 0.2) is 0 Å². The van der Waals surface area contributed by atoms with Gasteiger partial charge in [-0.3, -0.25) is 4.98 Å². The minimum Gasteiger partial charge on any atom is -0.381 e. The maximum absolute atomic E-state index is 4.17. The first-order valence-corrected chi connectivity index (χ1v) is 5.46. The molecule has 0 aliphatic heterocycles. The van der Waals surface area contributed by atoms with Crippen LogP contribution in [0.3, 0.4) is 0 Å². The van der Waals surface area contributed by atoms with Crippen LogP contribution in [0.15, 0.2) is 42.6 Å². The van der Waals surface area contributed by atoms with Crippen LogP contribution in [-0.4, -0.2) is 4.98 Å². The molecule has 0 aliphatic rings. The topological polar surface area (TPSA) is 24.9 Å². The first kappa shape index (κ1) is 10.7. The van der Waals surface area contributed by atoms with Crippen LogP contribution in [0.2, 0.25) is 0 Å². The third-order valence-corrected chi connectivity index (χ3v) is 2.51. The number of anilines is 1. The Labute approximate surface area is 96.4 Å². The van der Waals surface area contributed by atoms with E-state index in [1.807, 2.05) is 25.3 Å². The summed E-state index contributed by atoms with van der Waals surface area (Å²) in [5.41, 5.74) is 4.74. The summed E-state index contributed by atoms with van der Waals surface area (Å²) in [4.78, 5) is 4.17. The van der Waals surface area contributed by atoms with Crippen LogP contribution in [0, 0.1) is 13.8 Å². The van der Waals surface area contributed by atoms with E-state index in [9.17, 15) is 0 Å². The molecule has 2 heteroatoms. The lowest BCUT2D eigenvalue weighted by atomic mass is 10.1. The molecular weight excluding hydrogens is 196 g/mol. The summed E-state index contributed by atoms with van der Waals surface area (Å²) in [6.07, 6.45) is 1.83. The Morgan fingerprint density at radius 1 is 1.06 bits per heavy atom. The van der Waals surface area contributed by atoms with Crippen LogP contribution in [-0.2, 0) is 6.54 Å². The molecule has 2 rings (SSSR count). The Morgan fingerprint density at radius 2 is 1.81 bits per heavy atom. The average Bonchev–Trinajstić information content (AvgIpc) is 2.28. The van der Waals surface area contributed by atoms with Crippen molar-refractivity contribution in [3.63, 3.8) is 0 Å². The highest BCUT2D eigenvalue weighted by atomic mass is 14.9. The summed E-state index contributed by atoms with van der Waals surface area (Å²) in [6.45, 7) is 4.95. The van der Waals surface area contributed by atoms with E-state index in [0.717, 1.165) is 17.9 Å². The molecule has 0 fully saturated rings. The third-order valence-electron chi connectivity index (χ3n) is 2.51. The second kappa shape index (κ2) is 4.79. The number of benzene rings is 1. The van der Waals surface area contributed by atoms with E-state index in [0.29, 0.717) is 0 Å². The van der Waals surface area contributed by atoms with Crippen molar-refractivity contribution >= 4 is 5.69 Å². The highest BCUT2D eigenvalue weighted by Gasteiger charge is 1.94. The molecule has 1 N–H and O–H groups in total. The zero-order valence-corrected chi connectivity index (χ0v) is 9.70. The van der Waals surface area contributed by atoms with Gasteiger partial charge in [-0.2, -0.15) is 0 Å². The molecule has 0 aliphatic carbocycles. The maximum atomic E-state index is 4.17. The summed E-state index contributed by atoms with van der Waals surface area (Å²) in [5, 5.41) is 3.38.